The van der Waals surface area contributed by atoms with Crippen molar-refractivity contribution in [3.63, 3.8) is 0 Å². The summed E-state index contributed by atoms with van der Waals surface area (Å²) in [5.74, 6) is -0.591. The third-order valence-corrected chi connectivity index (χ3v) is 5.55. The van der Waals surface area contributed by atoms with E-state index in [-0.39, 0.29) is 3.32 Å². The van der Waals surface area contributed by atoms with E-state index in [1.54, 1.807) is 0 Å². The van der Waals surface area contributed by atoms with E-state index in [0.717, 1.165) is 25.7 Å². The maximum Gasteiger partial charge on any atom is 0.301 e. The van der Waals surface area contributed by atoms with Crippen LogP contribution in [0.2, 0.25) is 5.31 Å². The van der Waals surface area contributed by atoms with Crippen LogP contribution in [0.25, 0.3) is 0 Å². The third kappa shape index (κ3) is 2.57. The van der Waals surface area contributed by atoms with Crippen LogP contribution in [-0.4, -0.2) is 21.7 Å². The zero-order valence-corrected chi connectivity index (χ0v) is 11.8. The quantitative estimate of drug-likeness (QED) is 0.452. The molecule has 2 nitrogen and oxygen atoms in total. The van der Waals surface area contributed by atoms with Crippen LogP contribution < -0.4 is 0 Å². The van der Waals surface area contributed by atoms with Crippen molar-refractivity contribution in [3.05, 3.63) is 0 Å². The molecule has 0 amide bonds. The smallest absolute Gasteiger partial charge is 0.301 e. The molecule has 89 valence electrons. The lowest BCUT2D eigenvalue weighted by Crippen LogP contribution is -2.34. The second kappa shape index (κ2) is 4.87. The summed E-state index contributed by atoms with van der Waals surface area (Å²) in [5.41, 5.74) is 0. The van der Waals surface area contributed by atoms with Crippen LogP contribution in [0.3, 0.4) is 0 Å². The van der Waals surface area contributed by atoms with Gasteiger partial charge in [0.25, 0.3) is 0 Å². The Morgan fingerprint density at radius 3 is 2.31 bits per heavy atom. The zero-order chi connectivity index (χ0) is 11.6. The Labute approximate surface area is 112 Å². The summed E-state index contributed by atoms with van der Waals surface area (Å²) in [5, 5.41) is 8.97. The molecular weight excluding hydrogens is 314 g/mol. The van der Waals surface area contributed by atoms with Crippen LogP contribution in [-0.2, 0) is 4.79 Å². The number of carboxylic acid groups (broad SMARTS) is 1. The van der Waals surface area contributed by atoms with Gasteiger partial charge in [-0.25, -0.2) is 0 Å². The van der Waals surface area contributed by atoms with Crippen molar-refractivity contribution in [1.82, 2.24) is 0 Å². The van der Waals surface area contributed by atoms with Crippen molar-refractivity contribution < 1.29 is 9.90 Å². The van der Waals surface area contributed by atoms with Gasteiger partial charge in [0.15, 0.2) is 7.28 Å². The maximum atomic E-state index is 11.5. The van der Waals surface area contributed by atoms with Gasteiger partial charge in [-0.1, -0.05) is 54.7 Å². The highest BCUT2D eigenvalue weighted by Crippen LogP contribution is 2.53. The van der Waals surface area contributed by atoms with Crippen molar-refractivity contribution >= 4 is 35.8 Å². The molecule has 2 rings (SSSR count). The molecule has 0 aliphatic carbocycles. The molecule has 2 bridgehead atoms. The summed E-state index contributed by atoms with van der Waals surface area (Å²) in [6.45, 7) is 0. The first-order chi connectivity index (χ1) is 7.56. The number of hydrogen-bond donors (Lipinski definition) is 1. The normalized spacial score (nSPS) is 40.1. The van der Waals surface area contributed by atoms with E-state index in [1.165, 1.54) is 32.1 Å². The molecule has 2 aliphatic heterocycles. The number of halogens is 1. The maximum absolute atomic E-state index is 11.5. The lowest BCUT2D eigenvalue weighted by molar-refractivity contribution is -0.141. The molecule has 1 radical (unpaired) electrons. The van der Waals surface area contributed by atoms with Crippen molar-refractivity contribution in [2.45, 2.75) is 66.4 Å². The van der Waals surface area contributed by atoms with Crippen molar-refractivity contribution in [2.75, 3.05) is 0 Å². The minimum absolute atomic E-state index is 0.160. The van der Waals surface area contributed by atoms with Gasteiger partial charge in [0, 0.05) is 5.31 Å². The first-order valence-electron chi connectivity index (χ1n) is 6.36. The summed E-state index contributed by atoms with van der Waals surface area (Å²) in [4.78, 5) is 11.5. The summed E-state index contributed by atoms with van der Waals surface area (Å²) in [6.07, 6.45) is 10.1. The molecule has 16 heavy (non-hydrogen) atoms. The minimum Gasteiger partial charge on any atom is -0.481 e. The Hall–Kier alpha value is 0.265. The lowest BCUT2D eigenvalue weighted by atomic mass is 9.48. The SMILES string of the molecule is O=C(O)C12[B]C(I)(CCCCCCC1)CC2. The fraction of sp³-hybridized carbons (Fsp3) is 0.917. The van der Waals surface area contributed by atoms with Crippen LogP contribution in [0.15, 0.2) is 0 Å². The molecule has 2 fully saturated rings. The third-order valence-electron chi connectivity index (χ3n) is 4.16. The number of carboxylic acids is 1. The second-order valence-electron chi connectivity index (χ2n) is 5.41. The first kappa shape index (κ1) is 12.7. The monoisotopic (exact) mass is 333 g/mol. The molecule has 2 saturated heterocycles. The average molecular weight is 333 g/mol. The summed E-state index contributed by atoms with van der Waals surface area (Å²) >= 11 is 2.49. The molecule has 0 aromatic rings. The number of aliphatic carboxylic acids is 1. The van der Waals surface area contributed by atoms with E-state index >= 15 is 0 Å². The van der Waals surface area contributed by atoms with Crippen molar-refractivity contribution in [1.29, 1.82) is 0 Å². The van der Waals surface area contributed by atoms with Gasteiger partial charge < -0.3 is 5.11 Å². The number of fused-ring (bicyclic) bond motifs is 2. The largest absolute Gasteiger partial charge is 0.481 e. The molecule has 0 aromatic heterocycles. The molecule has 0 spiro atoms. The predicted octanol–water partition coefficient (Wildman–Crippen LogP) is 3.60. The van der Waals surface area contributed by atoms with Gasteiger partial charge in [-0.15, -0.1) is 0 Å². The summed E-state index contributed by atoms with van der Waals surface area (Å²) < 4.78 is 0.160. The van der Waals surface area contributed by atoms with E-state index in [2.05, 4.69) is 29.9 Å². The van der Waals surface area contributed by atoms with Crippen LogP contribution >= 0.6 is 22.6 Å². The highest BCUT2D eigenvalue weighted by Gasteiger charge is 2.51. The Morgan fingerprint density at radius 1 is 1.00 bits per heavy atom. The van der Waals surface area contributed by atoms with Gasteiger partial charge in [-0.3, -0.25) is 4.79 Å². The average Bonchev–Trinajstić information content (AvgIpc) is 2.56. The van der Waals surface area contributed by atoms with E-state index < -0.39 is 11.3 Å². The molecule has 2 aliphatic rings. The second-order valence-corrected chi connectivity index (χ2v) is 7.56. The molecule has 0 saturated carbocycles. The molecule has 2 heterocycles. The zero-order valence-electron chi connectivity index (χ0n) is 9.67. The van der Waals surface area contributed by atoms with Gasteiger partial charge >= 0.3 is 5.97 Å². The first-order valence-corrected chi connectivity index (χ1v) is 7.44. The van der Waals surface area contributed by atoms with Gasteiger partial charge in [0.1, 0.15) is 0 Å². The standard InChI is InChI=1S/C12H19BIO2/c14-12-7-5-3-1-2-4-6-11(13-12,8-9-12)10(15)16/h1-9H2,(H,15,16). The van der Waals surface area contributed by atoms with Crippen molar-refractivity contribution in [3.8, 4) is 0 Å². The van der Waals surface area contributed by atoms with Crippen LogP contribution in [0.5, 0.6) is 0 Å². The number of rotatable bonds is 1. The van der Waals surface area contributed by atoms with Crippen LogP contribution in [0.1, 0.15) is 57.8 Å². The van der Waals surface area contributed by atoms with E-state index in [1.807, 2.05) is 0 Å². The number of alkyl halides is 1. The van der Waals surface area contributed by atoms with Gasteiger partial charge in [-0.05, 0) is 29.0 Å². The summed E-state index contributed by atoms with van der Waals surface area (Å²) in [7, 11) is 2.17. The van der Waals surface area contributed by atoms with E-state index in [0.29, 0.717) is 0 Å². The Bertz CT molecular complexity index is 284. The van der Waals surface area contributed by atoms with E-state index in [9.17, 15) is 9.90 Å². The minimum atomic E-state index is -0.591. The molecule has 2 atom stereocenters. The molecule has 1 N–H and O–H groups in total. The highest BCUT2D eigenvalue weighted by atomic mass is 127. The topological polar surface area (TPSA) is 37.3 Å². The number of hydrogen-bond acceptors (Lipinski definition) is 1. The summed E-state index contributed by atoms with van der Waals surface area (Å²) in [6, 6.07) is 0. The van der Waals surface area contributed by atoms with Gasteiger partial charge in [0.05, 0.1) is 0 Å². The van der Waals surface area contributed by atoms with Gasteiger partial charge in [0.2, 0.25) is 0 Å². The molecular formula is C12H19BIO2. The Morgan fingerprint density at radius 2 is 1.62 bits per heavy atom. The predicted molar refractivity (Wildman–Crippen MR) is 74.4 cm³/mol. The Kier molecular flexibility index (Phi) is 3.87. The molecule has 2 unspecified atom stereocenters. The van der Waals surface area contributed by atoms with Crippen LogP contribution in [0, 0.1) is 0 Å². The lowest BCUT2D eigenvalue weighted by Gasteiger charge is -2.27. The number of carbonyl (C=O) groups is 1. The highest BCUT2D eigenvalue weighted by molar-refractivity contribution is 14.1. The van der Waals surface area contributed by atoms with Crippen LogP contribution in [0.4, 0.5) is 0 Å². The molecule has 4 heteroatoms. The van der Waals surface area contributed by atoms with E-state index in [4.69, 9.17) is 0 Å². The van der Waals surface area contributed by atoms with Gasteiger partial charge in [-0.2, -0.15) is 0 Å². The molecule has 0 aromatic carbocycles. The fourth-order valence-electron chi connectivity index (χ4n) is 3.13. The Balaban J connectivity index is 2.14. The fourth-order valence-corrected chi connectivity index (χ4v) is 4.38. The van der Waals surface area contributed by atoms with Crippen molar-refractivity contribution in [2.24, 2.45) is 0 Å².